The first-order valence-electron chi connectivity index (χ1n) is 13.4. The summed E-state index contributed by atoms with van der Waals surface area (Å²) in [5.41, 5.74) is 6.27. The standard InChI is InChI=1S/C33H36N2O4/c1-20(36)35-27-10-8-7-9-25(27)34-26-17-23(21-11-14-24(15-12-21)33(2,3)4)18-28(37)31(26)32(35)22-13-16-29(38-5)30(19-22)39-6/h7-16,19,23,32,34H,17-18H2,1-6H3. The summed E-state index contributed by atoms with van der Waals surface area (Å²) in [5, 5.41) is 3.57. The minimum atomic E-state index is -0.606. The van der Waals surface area contributed by atoms with E-state index in [9.17, 15) is 9.59 Å². The number of hydrogen-bond donors (Lipinski definition) is 1. The molecule has 0 bridgehead atoms. The van der Waals surface area contributed by atoms with Crippen LogP contribution in [-0.2, 0) is 15.0 Å². The molecule has 6 heteroatoms. The van der Waals surface area contributed by atoms with E-state index in [4.69, 9.17) is 9.47 Å². The summed E-state index contributed by atoms with van der Waals surface area (Å²) < 4.78 is 11.0. The van der Waals surface area contributed by atoms with Crippen LogP contribution >= 0.6 is 0 Å². The number of Topliss-reactive ketones (excluding diaryl/α,β-unsaturated/α-hetero) is 1. The van der Waals surface area contributed by atoms with Gasteiger partial charge in [-0.2, -0.15) is 0 Å². The lowest BCUT2D eigenvalue weighted by atomic mass is 9.77. The number of nitrogens with zero attached hydrogens (tertiary/aromatic N) is 1. The zero-order valence-corrected chi connectivity index (χ0v) is 23.5. The molecule has 2 atom stereocenters. The zero-order valence-electron chi connectivity index (χ0n) is 23.5. The van der Waals surface area contributed by atoms with Crippen LogP contribution in [0.4, 0.5) is 11.4 Å². The maximum absolute atomic E-state index is 14.1. The lowest BCUT2D eigenvalue weighted by molar-refractivity contribution is -0.117. The van der Waals surface area contributed by atoms with Gasteiger partial charge in [-0.1, -0.05) is 63.2 Å². The van der Waals surface area contributed by atoms with E-state index >= 15 is 0 Å². The molecule has 39 heavy (non-hydrogen) atoms. The van der Waals surface area contributed by atoms with Gasteiger partial charge < -0.3 is 14.8 Å². The topological polar surface area (TPSA) is 67.9 Å². The highest BCUT2D eigenvalue weighted by atomic mass is 16.5. The zero-order chi connectivity index (χ0) is 27.9. The van der Waals surface area contributed by atoms with E-state index in [1.165, 1.54) is 5.56 Å². The Labute approximate surface area is 230 Å². The number of ether oxygens (including phenoxy) is 2. The minimum absolute atomic E-state index is 0.0347. The van der Waals surface area contributed by atoms with Crippen molar-refractivity contribution >= 4 is 23.1 Å². The van der Waals surface area contributed by atoms with E-state index in [1.54, 1.807) is 26.0 Å². The molecule has 1 heterocycles. The van der Waals surface area contributed by atoms with Gasteiger partial charge in [-0.25, -0.2) is 0 Å². The molecular formula is C33H36N2O4. The highest BCUT2D eigenvalue weighted by Crippen LogP contribution is 2.48. The lowest BCUT2D eigenvalue weighted by Crippen LogP contribution is -2.37. The third-order valence-corrected chi connectivity index (χ3v) is 7.80. The van der Waals surface area contributed by atoms with Crippen LogP contribution in [0.1, 0.15) is 69.2 Å². The number of fused-ring (bicyclic) bond motifs is 1. The van der Waals surface area contributed by atoms with Crippen LogP contribution in [0.5, 0.6) is 11.5 Å². The smallest absolute Gasteiger partial charge is 0.224 e. The first-order valence-corrected chi connectivity index (χ1v) is 13.4. The summed E-state index contributed by atoms with van der Waals surface area (Å²) in [5.74, 6) is 1.06. The number of benzene rings is 3. The van der Waals surface area contributed by atoms with Crippen molar-refractivity contribution in [2.45, 2.75) is 57.9 Å². The number of anilines is 2. The van der Waals surface area contributed by atoms with Crippen molar-refractivity contribution in [2.75, 3.05) is 24.4 Å². The fourth-order valence-electron chi connectivity index (χ4n) is 5.77. The van der Waals surface area contributed by atoms with Crippen LogP contribution in [0, 0.1) is 0 Å². The Balaban J connectivity index is 1.65. The second-order valence-corrected chi connectivity index (χ2v) is 11.3. The molecule has 0 radical (unpaired) electrons. The number of carbonyl (C=O) groups excluding carboxylic acids is 2. The highest BCUT2D eigenvalue weighted by Gasteiger charge is 2.41. The predicted molar refractivity (Wildman–Crippen MR) is 155 cm³/mol. The van der Waals surface area contributed by atoms with Crippen LogP contribution in [0.3, 0.4) is 0 Å². The Morgan fingerprint density at radius 3 is 2.21 bits per heavy atom. The van der Waals surface area contributed by atoms with E-state index in [-0.39, 0.29) is 23.0 Å². The fourth-order valence-corrected chi connectivity index (χ4v) is 5.77. The first-order chi connectivity index (χ1) is 18.6. The molecule has 1 aliphatic carbocycles. The Hall–Kier alpha value is -4.06. The van der Waals surface area contributed by atoms with E-state index in [2.05, 4.69) is 50.4 Å². The molecule has 2 unspecified atom stereocenters. The normalized spacial score (nSPS) is 19.0. The number of amides is 1. The number of nitrogens with one attached hydrogen (secondary N) is 1. The molecule has 0 aromatic heterocycles. The van der Waals surface area contributed by atoms with Crippen LogP contribution in [0.25, 0.3) is 0 Å². The average molecular weight is 525 g/mol. The van der Waals surface area contributed by atoms with Gasteiger partial charge in [0.1, 0.15) is 0 Å². The lowest BCUT2D eigenvalue weighted by Gasteiger charge is -2.35. The molecule has 1 amide bonds. The molecule has 3 aromatic carbocycles. The number of para-hydroxylation sites is 2. The van der Waals surface area contributed by atoms with Gasteiger partial charge in [0.15, 0.2) is 17.3 Å². The average Bonchev–Trinajstić information content (AvgIpc) is 3.07. The molecule has 6 nitrogen and oxygen atoms in total. The summed E-state index contributed by atoms with van der Waals surface area (Å²) in [6.07, 6.45) is 1.04. The van der Waals surface area contributed by atoms with Crippen molar-refractivity contribution < 1.29 is 19.1 Å². The van der Waals surface area contributed by atoms with E-state index in [0.717, 1.165) is 28.2 Å². The van der Waals surface area contributed by atoms with Crippen molar-refractivity contribution in [3.8, 4) is 11.5 Å². The number of methoxy groups -OCH3 is 2. The number of ketones is 1. The maximum atomic E-state index is 14.1. The van der Waals surface area contributed by atoms with Gasteiger partial charge >= 0.3 is 0 Å². The quantitative estimate of drug-likeness (QED) is 0.401. The predicted octanol–water partition coefficient (Wildman–Crippen LogP) is 6.92. The maximum Gasteiger partial charge on any atom is 0.224 e. The third-order valence-electron chi connectivity index (χ3n) is 7.80. The Morgan fingerprint density at radius 1 is 0.897 bits per heavy atom. The van der Waals surface area contributed by atoms with Gasteiger partial charge in [0.2, 0.25) is 5.91 Å². The minimum Gasteiger partial charge on any atom is -0.493 e. The van der Waals surface area contributed by atoms with Crippen molar-refractivity contribution in [3.05, 3.63) is 94.7 Å². The van der Waals surface area contributed by atoms with Crippen molar-refractivity contribution in [2.24, 2.45) is 0 Å². The summed E-state index contributed by atoms with van der Waals surface area (Å²) >= 11 is 0. The van der Waals surface area contributed by atoms with Crippen LogP contribution < -0.4 is 19.7 Å². The van der Waals surface area contributed by atoms with Gasteiger partial charge in [0.25, 0.3) is 0 Å². The fraction of sp³-hybridized carbons (Fsp3) is 0.333. The summed E-state index contributed by atoms with van der Waals surface area (Å²) in [7, 11) is 3.17. The molecule has 1 aliphatic heterocycles. The van der Waals surface area contributed by atoms with Crippen molar-refractivity contribution in [1.82, 2.24) is 0 Å². The summed E-state index contributed by atoms with van der Waals surface area (Å²) in [6, 6.07) is 21.4. The van der Waals surface area contributed by atoms with Gasteiger partial charge in [-0.3, -0.25) is 14.5 Å². The number of carbonyl (C=O) groups is 2. The van der Waals surface area contributed by atoms with Crippen LogP contribution in [0.15, 0.2) is 78.0 Å². The molecule has 202 valence electrons. The monoisotopic (exact) mass is 524 g/mol. The van der Waals surface area contributed by atoms with Gasteiger partial charge in [0.05, 0.1) is 31.6 Å². The molecule has 5 rings (SSSR count). The van der Waals surface area contributed by atoms with E-state index < -0.39 is 6.04 Å². The molecule has 0 saturated heterocycles. The summed E-state index contributed by atoms with van der Waals surface area (Å²) in [4.78, 5) is 29.1. The Bertz CT molecular complexity index is 1450. The van der Waals surface area contributed by atoms with Crippen molar-refractivity contribution in [3.63, 3.8) is 0 Å². The molecular weight excluding hydrogens is 488 g/mol. The largest absolute Gasteiger partial charge is 0.493 e. The van der Waals surface area contributed by atoms with E-state index in [1.807, 2.05) is 42.5 Å². The molecule has 0 spiro atoms. The molecule has 3 aromatic rings. The highest BCUT2D eigenvalue weighted by molar-refractivity contribution is 6.06. The second-order valence-electron chi connectivity index (χ2n) is 11.3. The van der Waals surface area contributed by atoms with Gasteiger partial charge in [0, 0.05) is 24.6 Å². The number of hydrogen-bond acceptors (Lipinski definition) is 5. The SMILES string of the molecule is COc1ccc(C2C3=C(CC(c4ccc(C(C)(C)C)cc4)CC3=O)Nc3ccccc3N2C(C)=O)cc1OC. The van der Waals surface area contributed by atoms with Crippen LogP contribution in [0.2, 0.25) is 0 Å². The third kappa shape index (κ3) is 4.91. The molecule has 2 aliphatic rings. The van der Waals surface area contributed by atoms with Crippen molar-refractivity contribution in [1.29, 1.82) is 0 Å². The van der Waals surface area contributed by atoms with Crippen LogP contribution in [-0.4, -0.2) is 25.9 Å². The van der Waals surface area contributed by atoms with E-state index in [0.29, 0.717) is 29.9 Å². The molecule has 1 N–H and O–H groups in total. The Morgan fingerprint density at radius 2 is 1.56 bits per heavy atom. The molecule has 0 saturated carbocycles. The number of rotatable bonds is 4. The van der Waals surface area contributed by atoms with Gasteiger partial charge in [-0.05, 0) is 58.7 Å². The summed E-state index contributed by atoms with van der Waals surface area (Å²) in [6.45, 7) is 8.14. The molecule has 0 fully saturated rings. The van der Waals surface area contributed by atoms with Gasteiger partial charge in [-0.15, -0.1) is 0 Å². The Kier molecular flexibility index (Phi) is 6.98. The first kappa shape index (κ1) is 26.5. The number of allylic oxidation sites excluding steroid dienone is 1. The second kappa shape index (κ2) is 10.3.